The Bertz CT molecular complexity index is 2330. The summed E-state index contributed by atoms with van der Waals surface area (Å²) in [5, 5.41) is 14.2. The molecule has 0 aliphatic carbocycles. The molecule has 3 nitrogen and oxygen atoms in total. The molecule has 0 saturated heterocycles. The van der Waals surface area contributed by atoms with Crippen molar-refractivity contribution in [3.8, 4) is 45.4 Å². The second kappa shape index (κ2) is 10.1. The van der Waals surface area contributed by atoms with E-state index >= 15 is 0 Å². The van der Waals surface area contributed by atoms with Crippen LogP contribution in [0.15, 0.2) is 152 Å². The fourth-order valence-corrected chi connectivity index (χ4v) is 6.32. The number of rotatable bonds is 4. The van der Waals surface area contributed by atoms with Crippen molar-refractivity contribution in [2.75, 3.05) is 0 Å². The molecule has 0 amide bonds. The largest absolute Gasteiger partial charge is 0.292 e. The molecular formula is C40H25N3. The third-order valence-electron chi connectivity index (χ3n) is 8.22. The van der Waals surface area contributed by atoms with Gasteiger partial charge in [0.1, 0.15) is 5.82 Å². The number of hydrogen-bond donors (Lipinski definition) is 0. The van der Waals surface area contributed by atoms with Crippen LogP contribution in [-0.4, -0.2) is 9.55 Å². The van der Waals surface area contributed by atoms with Crippen LogP contribution >= 0.6 is 0 Å². The number of nitrogens with zero attached hydrogens (tertiary/aromatic N) is 3. The van der Waals surface area contributed by atoms with Crippen LogP contribution in [0.2, 0.25) is 0 Å². The maximum Gasteiger partial charge on any atom is 0.145 e. The van der Waals surface area contributed by atoms with Crippen molar-refractivity contribution in [3.63, 3.8) is 0 Å². The first-order valence-corrected chi connectivity index (χ1v) is 14.4. The van der Waals surface area contributed by atoms with Crippen molar-refractivity contribution in [3.05, 3.63) is 157 Å². The van der Waals surface area contributed by atoms with Crippen LogP contribution in [0.1, 0.15) is 5.56 Å². The third kappa shape index (κ3) is 4.09. The van der Waals surface area contributed by atoms with E-state index < -0.39 is 0 Å². The van der Waals surface area contributed by atoms with Crippen LogP contribution < -0.4 is 0 Å². The molecule has 0 unspecified atom stereocenters. The summed E-state index contributed by atoms with van der Waals surface area (Å²) in [6.45, 7) is 0. The van der Waals surface area contributed by atoms with Gasteiger partial charge in [-0.1, -0.05) is 109 Å². The van der Waals surface area contributed by atoms with Gasteiger partial charge in [0.2, 0.25) is 0 Å². The lowest BCUT2D eigenvalue weighted by Gasteiger charge is -2.19. The first kappa shape index (κ1) is 24.8. The monoisotopic (exact) mass is 547 g/mol. The van der Waals surface area contributed by atoms with Gasteiger partial charge >= 0.3 is 0 Å². The molecule has 0 aliphatic rings. The highest BCUT2D eigenvalue weighted by molar-refractivity contribution is 6.21. The van der Waals surface area contributed by atoms with Gasteiger partial charge in [-0.2, -0.15) is 5.26 Å². The first-order valence-electron chi connectivity index (χ1n) is 14.4. The lowest BCUT2D eigenvalue weighted by atomic mass is 9.85. The zero-order valence-electron chi connectivity index (χ0n) is 23.3. The second-order valence-electron chi connectivity index (χ2n) is 10.7. The summed E-state index contributed by atoms with van der Waals surface area (Å²) >= 11 is 0. The predicted molar refractivity (Wildman–Crippen MR) is 177 cm³/mol. The van der Waals surface area contributed by atoms with Gasteiger partial charge in [-0.15, -0.1) is 0 Å². The summed E-state index contributed by atoms with van der Waals surface area (Å²) in [4.78, 5) is 5.15. The Morgan fingerprint density at radius 3 is 1.70 bits per heavy atom. The van der Waals surface area contributed by atoms with E-state index in [0.717, 1.165) is 28.1 Å². The normalized spacial score (nSPS) is 11.2. The van der Waals surface area contributed by atoms with E-state index in [0.29, 0.717) is 5.56 Å². The number of nitriles is 1. The smallest absolute Gasteiger partial charge is 0.145 e. The molecule has 43 heavy (non-hydrogen) atoms. The zero-order chi connectivity index (χ0) is 28.8. The summed E-state index contributed by atoms with van der Waals surface area (Å²) in [7, 11) is 0. The van der Waals surface area contributed by atoms with Crippen LogP contribution in [0.4, 0.5) is 0 Å². The van der Waals surface area contributed by atoms with Crippen LogP contribution in [0.3, 0.4) is 0 Å². The lowest BCUT2D eigenvalue weighted by molar-refractivity contribution is 1.10. The number of fused-ring (bicyclic) bond motifs is 3. The van der Waals surface area contributed by atoms with E-state index in [2.05, 4.69) is 126 Å². The summed E-state index contributed by atoms with van der Waals surface area (Å²) in [5.74, 6) is 0.862. The molecule has 0 N–H and O–H groups in total. The van der Waals surface area contributed by atoms with Crippen molar-refractivity contribution < 1.29 is 0 Å². The SMILES string of the molecule is N#Cc1ccc(-n2c(-c3ccc4c(-c5ccccc5)c5ccccc5c(-c5ccccc5)c4c3)nc3ccccc32)cc1. The Balaban J connectivity index is 1.48. The second-order valence-corrected chi connectivity index (χ2v) is 10.7. The Morgan fingerprint density at radius 1 is 0.488 bits per heavy atom. The minimum atomic E-state index is 0.633. The minimum Gasteiger partial charge on any atom is -0.292 e. The highest BCUT2D eigenvalue weighted by atomic mass is 15.1. The van der Waals surface area contributed by atoms with Gasteiger partial charge in [0.25, 0.3) is 0 Å². The lowest BCUT2D eigenvalue weighted by Crippen LogP contribution is -1.98. The van der Waals surface area contributed by atoms with Crippen molar-refractivity contribution in [2.24, 2.45) is 0 Å². The summed E-state index contributed by atoms with van der Waals surface area (Å²) in [5.41, 5.74) is 9.40. The van der Waals surface area contributed by atoms with Crippen LogP contribution in [0, 0.1) is 11.3 Å². The van der Waals surface area contributed by atoms with Gasteiger partial charge in [-0.25, -0.2) is 4.98 Å². The topological polar surface area (TPSA) is 41.6 Å². The van der Waals surface area contributed by atoms with E-state index in [4.69, 9.17) is 4.98 Å². The molecule has 0 atom stereocenters. The van der Waals surface area contributed by atoms with E-state index in [9.17, 15) is 5.26 Å². The number of hydrogen-bond acceptors (Lipinski definition) is 2. The van der Waals surface area contributed by atoms with Crippen molar-refractivity contribution in [2.45, 2.75) is 0 Å². The Kier molecular flexibility index (Phi) is 5.84. The molecule has 0 fully saturated rings. The summed E-state index contributed by atoms with van der Waals surface area (Å²) in [6, 6.07) is 55.0. The molecule has 3 heteroatoms. The quantitative estimate of drug-likeness (QED) is 0.206. The fourth-order valence-electron chi connectivity index (χ4n) is 6.32. The molecule has 0 bridgehead atoms. The predicted octanol–water partition coefficient (Wildman–Crippen LogP) is 10.2. The molecule has 8 rings (SSSR count). The van der Waals surface area contributed by atoms with E-state index in [-0.39, 0.29) is 0 Å². The van der Waals surface area contributed by atoms with Gasteiger partial charge in [-0.3, -0.25) is 4.57 Å². The molecule has 0 aliphatic heterocycles. The molecule has 8 aromatic rings. The molecular weight excluding hydrogens is 522 g/mol. The summed E-state index contributed by atoms with van der Waals surface area (Å²) in [6.07, 6.45) is 0. The average molecular weight is 548 g/mol. The number of imidazole rings is 1. The summed E-state index contributed by atoms with van der Waals surface area (Å²) < 4.78 is 2.19. The first-order chi connectivity index (χ1) is 21.3. The maximum atomic E-state index is 9.39. The molecule has 200 valence electrons. The number of para-hydroxylation sites is 2. The molecule has 1 aromatic heterocycles. The van der Waals surface area contributed by atoms with Crippen molar-refractivity contribution >= 4 is 32.6 Å². The number of aromatic nitrogens is 2. The molecule has 0 radical (unpaired) electrons. The van der Waals surface area contributed by atoms with Gasteiger partial charge in [-0.05, 0) is 86.3 Å². The number of benzene rings is 7. The van der Waals surface area contributed by atoms with Crippen LogP contribution in [-0.2, 0) is 0 Å². The molecule has 0 saturated carbocycles. The Morgan fingerprint density at radius 2 is 1.05 bits per heavy atom. The van der Waals surface area contributed by atoms with Crippen LogP contribution in [0.5, 0.6) is 0 Å². The van der Waals surface area contributed by atoms with Crippen molar-refractivity contribution in [1.29, 1.82) is 5.26 Å². The standard InChI is InChI=1S/C40H25N3/c41-26-27-19-22-31(23-20-27)43-37-18-10-9-17-36(37)42-40(43)30-21-24-34-35(25-30)39(29-13-5-2-6-14-29)33-16-8-7-15-32(33)38(34)28-11-3-1-4-12-28/h1-25H. The minimum absolute atomic E-state index is 0.633. The molecule has 1 heterocycles. The average Bonchev–Trinajstić information content (AvgIpc) is 3.47. The molecule has 7 aromatic carbocycles. The van der Waals surface area contributed by atoms with Gasteiger partial charge in [0.15, 0.2) is 0 Å². The highest BCUT2D eigenvalue weighted by Crippen LogP contribution is 2.45. The van der Waals surface area contributed by atoms with Gasteiger partial charge in [0, 0.05) is 11.3 Å². The maximum absolute atomic E-state index is 9.39. The Hall–Kier alpha value is -5.98. The van der Waals surface area contributed by atoms with Gasteiger partial charge < -0.3 is 0 Å². The van der Waals surface area contributed by atoms with E-state index in [1.165, 1.54) is 43.8 Å². The zero-order valence-corrected chi connectivity index (χ0v) is 23.3. The third-order valence-corrected chi connectivity index (χ3v) is 8.22. The van der Waals surface area contributed by atoms with Crippen molar-refractivity contribution in [1.82, 2.24) is 9.55 Å². The van der Waals surface area contributed by atoms with Crippen LogP contribution in [0.25, 0.3) is 71.9 Å². The molecule has 0 spiro atoms. The van der Waals surface area contributed by atoms with Gasteiger partial charge in [0.05, 0.1) is 22.7 Å². The fraction of sp³-hybridized carbons (Fsp3) is 0. The van der Waals surface area contributed by atoms with E-state index in [1.807, 2.05) is 36.4 Å². The van der Waals surface area contributed by atoms with E-state index in [1.54, 1.807) is 0 Å². The Labute approximate surface area is 249 Å². The highest BCUT2D eigenvalue weighted by Gasteiger charge is 2.20.